The number of aliphatic hydroxyl groups excluding tert-OH is 1. The summed E-state index contributed by atoms with van der Waals surface area (Å²) in [5.41, 5.74) is 0. The van der Waals surface area contributed by atoms with Crippen LogP contribution in [0.4, 0.5) is 0 Å². The molecule has 0 radical (unpaired) electrons. The number of carbonyl (C=O) groups excluding carboxylic acids is 1. The molecule has 3 N–H and O–H groups in total. The number of quaternary nitrogens is 1. The summed E-state index contributed by atoms with van der Waals surface area (Å²) in [6.45, 7) is 4.82. The summed E-state index contributed by atoms with van der Waals surface area (Å²) in [6.07, 6.45) is 87.6. The number of aliphatic hydroxyl groups is 1. The number of allylic oxidation sites excluding steroid dienone is 10. The van der Waals surface area contributed by atoms with E-state index >= 15 is 0 Å². The lowest BCUT2D eigenvalue weighted by Crippen LogP contribution is -2.46. The summed E-state index contributed by atoms with van der Waals surface area (Å²) < 4.78 is 23.9. The second-order valence-electron chi connectivity index (χ2n) is 25.6. The minimum atomic E-state index is -4.33. The molecule has 0 spiro atoms. The van der Waals surface area contributed by atoms with Crippen molar-refractivity contribution in [2.75, 3.05) is 40.9 Å². The van der Waals surface area contributed by atoms with E-state index in [1.54, 1.807) is 0 Å². The number of nitrogens with zero attached hydrogens (tertiary/aromatic N) is 1. The van der Waals surface area contributed by atoms with Gasteiger partial charge in [0, 0.05) is 6.42 Å². The first kappa shape index (κ1) is 80.2. The minimum absolute atomic E-state index is 0.0763. The Labute approximate surface area is 511 Å². The molecular weight excluding hydrogens is 1030 g/mol. The molecule has 0 saturated carbocycles. The second-order valence-corrected chi connectivity index (χ2v) is 27.0. The molecule has 3 unspecified atom stereocenters. The number of carbonyl (C=O) groups is 1. The molecular formula is C73H140N2O6P+. The summed E-state index contributed by atoms with van der Waals surface area (Å²) >= 11 is 0. The van der Waals surface area contributed by atoms with Crippen LogP contribution in [0.1, 0.15) is 348 Å². The lowest BCUT2D eigenvalue weighted by molar-refractivity contribution is -0.870. The van der Waals surface area contributed by atoms with Gasteiger partial charge in [-0.25, -0.2) is 4.57 Å². The normalized spacial score (nSPS) is 14.0. The first-order valence-corrected chi connectivity index (χ1v) is 37.1. The molecule has 8 nitrogen and oxygen atoms in total. The Bertz CT molecular complexity index is 1520. The molecule has 0 fully saturated rings. The highest BCUT2D eigenvalue weighted by Crippen LogP contribution is 2.43. The first-order valence-electron chi connectivity index (χ1n) is 35.7. The van der Waals surface area contributed by atoms with Gasteiger partial charge in [0.25, 0.3) is 0 Å². The van der Waals surface area contributed by atoms with Crippen molar-refractivity contribution < 1.29 is 32.9 Å². The molecule has 0 rings (SSSR count). The van der Waals surface area contributed by atoms with Gasteiger partial charge in [-0.1, -0.05) is 344 Å². The van der Waals surface area contributed by atoms with E-state index in [4.69, 9.17) is 9.05 Å². The van der Waals surface area contributed by atoms with Gasteiger partial charge in [0.05, 0.1) is 39.9 Å². The van der Waals surface area contributed by atoms with Crippen molar-refractivity contribution in [3.05, 3.63) is 60.8 Å². The first-order chi connectivity index (χ1) is 40.0. The number of amides is 1. The Balaban J connectivity index is 3.93. The summed E-state index contributed by atoms with van der Waals surface area (Å²) in [5, 5.41) is 14.1. The van der Waals surface area contributed by atoms with Gasteiger partial charge in [-0.2, -0.15) is 0 Å². The van der Waals surface area contributed by atoms with Gasteiger partial charge in [-0.3, -0.25) is 13.8 Å². The summed E-state index contributed by atoms with van der Waals surface area (Å²) in [5.74, 6) is -0.137. The fourth-order valence-electron chi connectivity index (χ4n) is 10.8. The molecule has 0 bridgehead atoms. The van der Waals surface area contributed by atoms with Crippen molar-refractivity contribution in [1.82, 2.24) is 5.32 Å². The number of nitrogens with one attached hydrogen (secondary N) is 1. The van der Waals surface area contributed by atoms with Gasteiger partial charge >= 0.3 is 7.82 Å². The monoisotopic (exact) mass is 1170 g/mol. The van der Waals surface area contributed by atoms with Crippen LogP contribution < -0.4 is 5.32 Å². The van der Waals surface area contributed by atoms with Crippen LogP contribution in [-0.4, -0.2) is 73.4 Å². The number of hydrogen-bond donors (Lipinski definition) is 3. The topological polar surface area (TPSA) is 105 Å². The molecule has 0 saturated heterocycles. The van der Waals surface area contributed by atoms with Crippen LogP contribution >= 0.6 is 7.82 Å². The maximum atomic E-state index is 13.1. The Kier molecular flexibility index (Phi) is 62.3. The molecule has 9 heteroatoms. The van der Waals surface area contributed by atoms with Crippen LogP contribution in [0.25, 0.3) is 0 Å². The van der Waals surface area contributed by atoms with Crippen LogP contribution in [0.2, 0.25) is 0 Å². The molecule has 3 atom stereocenters. The summed E-state index contributed by atoms with van der Waals surface area (Å²) in [4.78, 5) is 23.5. The Morgan fingerprint density at radius 2 is 0.732 bits per heavy atom. The van der Waals surface area contributed by atoms with Gasteiger partial charge in [0.15, 0.2) is 0 Å². The maximum Gasteiger partial charge on any atom is 0.472 e. The number of phosphoric acid groups is 1. The maximum absolute atomic E-state index is 13.1. The van der Waals surface area contributed by atoms with Crippen molar-refractivity contribution in [2.45, 2.75) is 360 Å². The lowest BCUT2D eigenvalue weighted by Gasteiger charge is -2.26. The fourth-order valence-corrected chi connectivity index (χ4v) is 11.5. The van der Waals surface area contributed by atoms with E-state index in [-0.39, 0.29) is 19.1 Å². The molecule has 0 aliphatic rings. The van der Waals surface area contributed by atoms with Crippen molar-refractivity contribution in [1.29, 1.82) is 0 Å². The third kappa shape index (κ3) is 65.7. The third-order valence-electron chi connectivity index (χ3n) is 16.3. The zero-order chi connectivity index (χ0) is 59.8. The van der Waals surface area contributed by atoms with Crippen LogP contribution in [0.3, 0.4) is 0 Å². The fraction of sp³-hybridized carbons (Fsp3) is 0.849. The SMILES string of the molecule is CC/C=C\C/C=C\C/C=C\C/C=C\C/C=C\CCCCCCCCCCCCCCCCCCCCCCCCCC(=O)NC(COP(=O)(O)OCC[N+](C)(C)C)C(O)CCCCCCCCCCCCCCCCCCCCCCC. The number of hydrogen-bond acceptors (Lipinski definition) is 5. The van der Waals surface area contributed by atoms with E-state index in [1.807, 2.05) is 21.1 Å². The third-order valence-corrected chi connectivity index (χ3v) is 17.3. The average Bonchev–Trinajstić information content (AvgIpc) is 3.46. The highest BCUT2D eigenvalue weighted by molar-refractivity contribution is 7.47. The van der Waals surface area contributed by atoms with Crippen molar-refractivity contribution in [3.8, 4) is 0 Å². The van der Waals surface area contributed by atoms with Crippen molar-refractivity contribution >= 4 is 13.7 Å². The van der Waals surface area contributed by atoms with E-state index in [1.165, 1.54) is 250 Å². The summed E-state index contributed by atoms with van der Waals surface area (Å²) in [6, 6.07) is -0.761. The largest absolute Gasteiger partial charge is 0.472 e. The van der Waals surface area contributed by atoms with Gasteiger partial charge in [0.1, 0.15) is 13.2 Å². The highest BCUT2D eigenvalue weighted by atomic mass is 31.2. The van der Waals surface area contributed by atoms with E-state index in [2.05, 4.69) is 79.9 Å². The van der Waals surface area contributed by atoms with E-state index in [0.717, 1.165) is 70.6 Å². The predicted octanol–water partition coefficient (Wildman–Crippen LogP) is 22.8. The Hall–Kier alpha value is -1.80. The van der Waals surface area contributed by atoms with Crippen molar-refractivity contribution in [3.63, 3.8) is 0 Å². The molecule has 0 aliphatic carbocycles. The van der Waals surface area contributed by atoms with Crippen molar-refractivity contribution in [2.24, 2.45) is 0 Å². The molecule has 82 heavy (non-hydrogen) atoms. The zero-order valence-electron chi connectivity index (χ0n) is 55.2. The number of phosphoric ester groups is 1. The molecule has 1 amide bonds. The predicted molar refractivity (Wildman–Crippen MR) is 360 cm³/mol. The minimum Gasteiger partial charge on any atom is -0.391 e. The molecule has 0 aromatic rings. The van der Waals surface area contributed by atoms with Crippen LogP contribution in [0, 0.1) is 0 Å². The lowest BCUT2D eigenvalue weighted by atomic mass is 10.0. The number of rotatable bonds is 66. The molecule has 0 aromatic carbocycles. The van der Waals surface area contributed by atoms with E-state index in [9.17, 15) is 19.4 Å². The highest BCUT2D eigenvalue weighted by Gasteiger charge is 2.28. The van der Waals surface area contributed by atoms with Gasteiger partial charge < -0.3 is 19.8 Å². The van der Waals surface area contributed by atoms with Crippen LogP contribution in [0.5, 0.6) is 0 Å². The molecule has 482 valence electrons. The molecule has 0 aliphatic heterocycles. The van der Waals surface area contributed by atoms with Crippen LogP contribution in [-0.2, 0) is 18.4 Å². The second kappa shape index (κ2) is 63.7. The van der Waals surface area contributed by atoms with Gasteiger partial charge in [-0.05, 0) is 57.8 Å². The summed E-state index contributed by atoms with van der Waals surface area (Å²) in [7, 11) is 1.63. The average molecular weight is 1170 g/mol. The standard InChI is InChI=1S/C73H139N2O6P/c1-6-8-10-12-14-16-18-20-22-24-26-28-29-30-31-32-33-34-35-36-37-38-39-40-41-42-43-44-45-47-49-51-53-55-57-59-61-63-65-67-73(77)74-71(70-81-82(78,79)80-69-68-75(3,4)5)72(76)66-64-62-60-58-56-54-52-50-48-46-27-25-23-21-19-17-15-13-11-9-7-2/h8,10,14,16,20,22,26,28,30-31,71-72,76H,6-7,9,11-13,15,17-19,21,23-25,27,29,32-70H2,1-5H3,(H-,74,77,78,79)/p+1/b10-8-,16-14-,22-20-,28-26-,31-30-. The quantitative estimate of drug-likeness (QED) is 0.0243. The zero-order valence-corrected chi connectivity index (χ0v) is 56.1. The Morgan fingerprint density at radius 3 is 1.07 bits per heavy atom. The molecule has 0 aromatic heterocycles. The molecule has 0 heterocycles. The number of unbranched alkanes of at least 4 members (excludes halogenated alkanes) is 43. The van der Waals surface area contributed by atoms with E-state index < -0.39 is 20.0 Å². The van der Waals surface area contributed by atoms with E-state index in [0.29, 0.717) is 23.9 Å². The van der Waals surface area contributed by atoms with Crippen LogP contribution in [0.15, 0.2) is 60.8 Å². The van der Waals surface area contributed by atoms with Gasteiger partial charge in [0.2, 0.25) is 5.91 Å². The Morgan fingerprint density at radius 1 is 0.427 bits per heavy atom. The number of likely N-dealkylation sites (N-methyl/N-ethyl adjacent to an activating group) is 1. The smallest absolute Gasteiger partial charge is 0.391 e. The van der Waals surface area contributed by atoms with Gasteiger partial charge in [-0.15, -0.1) is 0 Å².